The van der Waals surface area contributed by atoms with E-state index in [0.29, 0.717) is 18.8 Å². The van der Waals surface area contributed by atoms with Crippen LogP contribution in [0, 0.1) is 0 Å². The monoisotopic (exact) mass is 207 g/mol. The quantitative estimate of drug-likeness (QED) is 0.530. The summed E-state index contributed by atoms with van der Waals surface area (Å²) in [5, 5.41) is 2.75. The van der Waals surface area contributed by atoms with Crippen LogP contribution in [0.5, 0.6) is 0 Å². The minimum Gasteiger partial charge on any atom is -0.353 e. The van der Waals surface area contributed by atoms with Crippen molar-refractivity contribution in [1.29, 1.82) is 0 Å². The molecule has 0 fully saturated rings. The zero-order valence-electron chi connectivity index (χ0n) is 7.18. The number of thioether (sulfide) groups is 1. The number of hydrogen-bond acceptors (Lipinski definition) is 2. The largest absolute Gasteiger partial charge is 0.353 e. The van der Waals surface area contributed by atoms with E-state index in [1.54, 1.807) is 11.8 Å². The number of rotatable bonds is 6. The fourth-order valence-corrected chi connectivity index (χ4v) is 1.12. The lowest BCUT2D eigenvalue weighted by Gasteiger charge is -1.99. The Morgan fingerprint density at radius 1 is 1.58 bits per heavy atom. The third kappa shape index (κ3) is 7.95. The molecule has 0 aromatic heterocycles. The molecular weight excluding hydrogens is 194 g/mol. The van der Waals surface area contributed by atoms with Crippen molar-refractivity contribution >= 4 is 29.3 Å². The molecule has 0 aromatic rings. The first-order valence-corrected chi connectivity index (χ1v) is 5.70. The number of amides is 1. The summed E-state index contributed by atoms with van der Waals surface area (Å²) in [6.45, 7) is 0.583. The summed E-state index contributed by atoms with van der Waals surface area (Å²) in [5.74, 6) is 1.48. The second-order valence-corrected chi connectivity index (χ2v) is 3.47. The third-order valence-electron chi connectivity index (χ3n) is 1.21. The van der Waals surface area contributed by atoms with Crippen LogP contribution in [-0.2, 0) is 4.79 Å². The standard InChI is InChI=1S/C8H14ClNOS/c1-12-7-4-8(11)10-6-3-2-5-9/h2-3H,4-7H2,1H3,(H,10,11)/b3-2+. The molecule has 0 saturated carbocycles. The number of halogens is 1. The van der Waals surface area contributed by atoms with Gasteiger partial charge in [0, 0.05) is 24.6 Å². The Hall–Kier alpha value is -0.150. The fraction of sp³-hybridized carbons (Fsp3) is 0.625. The zero-order chi connectivity index (χ0) is 9.23. The number of carbonyl (C=O) groups excluding carboxylic acids is 1. The van der Waals surface area contributed by atoms with Crippen LogP contribution in [0.25, 0.3) is 0 Å². The first kappa shape index (κ1) is 11.8. The van der Waals surface area contributed by atoms with E-state index >= 15 is 0 Å². The topological polar surface area (TPSA) is 29.1 Å². The van der Waals surface area contributed by atoms with E-state index in [-0.39, 0.29) is 5.91 Å². The number of alkyl halides is 1. The molecule has 0 bridgehead atoms. The third-order valence-corrected chi connectivity index (χ3v) is 2.00. The smallest absolute Gasteiger partial charge is 0.221 e. The molecule has 4 heteroatoms. The van der Waals surface area contributed by atoms with Gasteiger partial charge in [-0.3, -0.25) is 4.79 Å². The first-order valence-electron chi connectivity index (χ1n) is 3.78. The molecule has 1 N–H and O–H groups in total. The highest BCUT2D eigenvalue weighted by Gasteiger charge is 1.96. The van der Waals surface area contributed by atoms with Crippen molar-refractivity contribution in [3.8, 4) is 0 Å². The Morgan fingerprint density at radius 2 is 2.33 bits per heavy atom. The number of nitrogens with one attached hydrogen (secondary N) is 1. The van der Waals surface area contributed by atoms with Gasteiger partial charge in [-0.1, -0.05) is 12.2 Å². The van der Waals surface area contributed by atoms with Crippen LogP contribution < -0.4 is 5.32 Å². The van der Waals surface area contributed by atoms with Crippen molar-refractivity contribution in [3.05, 3.63) is 12.2 Å². The minimum absolute atomic E-state index is 0.101. The highest BCUT2D eigenvalue weighted by molar-refractivity contribution is 7.98. The van der Waals surface area contributed by atoms with E-state index in [1.165, 1.54) is 0 Å². The van der Waals surface area contributed by atoms with Crippen molar-refractivity contribution in [1.82, 2.24) is 5.32 Å². The number of allylic oxidation sites excluding steroid dienone is 1. The maximum Gasteiger partial charge on any atom is 0.221 e. The highest BCUT2D eigenvalue weighted by Crippen LogP contribution is 1.94. The van der Waals surface area contributed by atoms with Crippen LogP contribution in [-0.4, -0.2) is 30.3 Å². The van der Waals surface area contributed by atoms with Gasteiger partial charge in [-0.25, -0.2) is 0 Å². The Kier molecular flexibility index (Phi) is 8.83. The van der Waals surface area contributed by atoms with Gasteiger partial charge in [0.1, 0.15) is 0 Å². The van der Waals surface area contributed by atoms with E-state index in [1.807, 2.05) is 18.4 Å². The summed E-state index contributed by atoms with van der Waals surface area (Å²) in [6, 6.07) is 0. The second-order valence-electron chi connectivity index (χ2n) is 2.17. The summed E-state index contributed by atoms with van der Waals surface area (Å²) in [5.41, 5.74) is 0. The number of hydrogen-bond donors (Lipinski definition) is 1. The maximum absolute atomic E-state index is 11.0. The first-order chi connectivity index (χ1) is 5.81. The van der Waals surface area contributed by atoms with Gasteiger partial charge in [-0.15, -0.1) is 11.6 Å². The van der Waals surface area contributed by atoms with Gasteiger partial charge in [0.05, 0.1) is 0 Å². The van der Waals surface area contributed by atoms with E-state index in [9.17, 15) is 4.79 Å². The summed E-state index contributed by atoms with van der Waals surface area (Å²) in [6.07, 6.45) is 6.25. The lowest BCUT2D eigenvalue weighted by Crippen LogP contribution is -2.23. The van der Waals surface area contributed by atoms with E-state index in [4.69, 9.17) is 11.6 Å². The molecule has 0 rings (SSSR count). The van der Waals surface area contributed by atoms with Gasteiger partial charge in [0.15, 0.2) is 0 Å². The molecule has 12 heavy (non-hydrogen) atoms. The minimum atomic E-state index is 0.101. The highest BCUT2D eigenvalue weighted by atomic mass is 35.5. The molecule has 0 aromatic carbocycles. The van der Waals surface area contributed by atoms with Gasteiger partial charge in [0.25, 0.3) is 0 Å². The molecule has 0 atom stereocenters. The second kappa shape index (κ2) is 8.94. The Labute approximate surface area is 82.7 Å². The SMILES string of the molecule is CSCCC(=O)NC/C=C/CCl. The fourth-order valence-electron chi connectivity index (χ4n) is 0.602. The van der Waals surface area contributed by atoms with Crippen molar-refractivity contribution in [2.45, 2.75) is 6.42 Å². The molecule has 0 spiro atoms. The summed E-state index contributed by atoms with van der Waals surface area (Å²) < 4.78 is 0. The van der Waals surface area contributed by atoms with Crippen LogP contribution in [0.4, 0.5) is 0 Å². The van der Waals surface area contributed by atoms with Gasteiger partial charge in [-0.2, -0.15) is 11.8 Å². The van der Waals surface area contributed by atoms with Gasteiger partial charge >= 0.3 is 0 Å². The molecule has 0 unspecified atom stereocenters. The molecule has 0 aliphatic heterocycles. The lowest BCUT2D eigenvalue weighted by molar-refractivity contribution is -0.120. The normalized spacial score (nSPS) is 10.5. The summed E-state index contributed by atoms with van der Waals surface area (Å²) in [4.78, 5) is 11.0. The van der Waals surface area contributed by atoms with Crippen LogP contribution in [0.15, 0.2) is 12.2 Å². The van der Waals surface area contributed by atoms with Crippen molar-refractivity contribution in [3.63, 3.8) is 0 Å². The number of carbonyl (C=O) groups is 1. The van der Waals surface area contributed by atoms with E-state index in [0.717, 1.165) is 5.75 Å². The van der Waals surface area contributed by atoms with Crippen molar-refractivity contribution < 1.29 is 4.79 Å². The predicted octanol–water partition coefficient (Wildman–Crippen LogP) is 1.65. The van der Waals surface area contributed by atoms with E-state index in [2.05, 4.69) is 5.32 Å². The molecule has 0 heterocycles. The molecule has 0 radical (unpaired) electrons. The van der Waals surface area contributed by atoms with Crippen molar-refractivity contribution in [2.75, 3.05) is 24.4 Å². The molecule has 70 valence electrons. The molecular formula is C8H14ClNOS. The summed E-state index contributed by atoms with van der Waals surface area (Å²) >= 11 is 7.07. The summed E-state index contributed by atoms with van der Waals surface area (Å²) in [7, 11) is 0. The van der Waals surface area contributed by atoms with Crippen molar-refractivity contribution in [2.24, 2.45) is 0 Å². The molecule has 0 aliphatic rings. The maximum atomic E-state index is 11.0. The van der Waals surface area contributed by atoms with Crippen LogP contribution in [0.2, 0.25) is 0 Å². The molecule has 1 amide bonds. The Bertz CT molecular complexity index is 150. The van der Waals surface area contributed by atoms with Crippen LogP contribution >= 0.6 is 23.4 Å². The average Bonchev–Trinajstić information content (AvgIpc) is 2.09. The molecule has 2 nitrogen and oxygen atoms in total. The van der Waals surface area contributed by atoms with Gasteiger partial charge < -0.3 is 5.32 Å². The average molecular weight is 208 g/mol. The zero-order valence-corrected chi connectivity index (χ0v) is 8.75. The Morgan fingerprint density at radius 3 is 2.92 bits per heavy atom. The van der Waals surface area contributed by atoms with Gasteiger partial charge in [-0.05, 0) is 6.26 Å². The van der Waals surface area contributed by atoms with E-state index < -0.39 is 0 Å². The lowest BCUT2D eigenvalue weighted by atomic mass is 10.4. The predicted molar refractivity (Wildman–Crippen MR) is 55.9 cm³/mol. The van der Waals surface area contributed by atoms with Crippen LogP contribution in [0.1, 0.15) is 6.42 Å². The van der Waals surface area contributed by atoms with Crippen LogP contribution in [0.3, 0.4) is 0 Å². The molecule has 0 aliphatic carbocycles. The Balaban J connectivity index is 3.25. The molecule has 0 saturated heterocycles. The van der Waals surface area contributed by atoms with Gasteiger partial charge in [0.2, 0.25) is 5.91 Å².